The first kappa shape index (κ1) is 23.4. The van der Waals surface area contributed by atoms with E-state index in [1.54, 1.807) is 11.1 Å². The summed E-state index contributed by atoms with van der Waals surface area (Å²) in [6.07, 6.45) is 17.6. The largest absolute Gasteiger partial charge is 0.0996 e. The Hall–Kier alpha value is -0.780. The number of allylic oxidation sites excluding steroid dienone is 5. The Morgan fingerprint density at radius 1 is 1.00 bits per heavy atom. The lowest BCUT2D eigenvalue weighted by molar-refractivity contribution is 0.00753. The lowest BCUT2D eigenvalue weighted by Crippen LogP contribution is -2.50. The maximum atomic E-state index is 4.36. The molecule has 4 rings (SSSR count). The monoisotopic (exact) mass is 422 g/mol. The van der Waals surface area contributed by atoms with Gasteiger partial charge >= 0.3 is 0 Å². The Kier molecular flexibility index (Phi) is 5.76. The minimum absolute atomic E-state index is 0.362. The average molecular weight is 423 g/mol. The highest BCUT2D eigenvalue weighted by Crippen LogP contribution is 2.71. The molecule has 4 aliphatic rings. The molecule has 0 nitrogen and oxygen atoms in total. The summed E-state index contributed by atoms with van der Waals surface area (Å²) in [6, 6.07) is 0. The molecule has 2 fully saturated rings. The van der Waals surface area contributed by atoms with Gasteiger partial charge in [-0.2, -0.15) is 0 Å². The molecule has 0 heterocycles. The van der Waals surface area contributed by atoms with Crippen LogP contribution in [0.2, 0.25) is 0 Å². The van der Waals surface area contributed by atoms with Gasteiger partial charge in [-0.05, 0) is 108 Å². The third-order valence-electron chi connectivity index (χ3n) is 11.5. The fraction of sp³-hybridized carbons (Fsp3) is 0.806. The molecule has 0 aromatic heterocycles. The highest BCUT2D eigenvalue weighted by molar-refractivity contribution is 5.49. The Morgan fingerprint density at radius 3 is 2.39 bits per heavy atom. The van der Waals surface area contributed by atoms with Gasteiger partial charge in [0.2, 0.25) is 0 Å². The van der Waals surface area contributed by atoms with E-state index < -0.39 is 0 Å². The second-order valence-corrected chi connectivity index (χ2v) is 13.7. The number of fused-ring (bicyclic) bond motifs is 5. The van der Waals surface area contributed by atoms with Crippen LogP contribution in [0.4, 0.5) is 0 Å². The smallest absolute Gasteiger partial charge is 0.00160 e. The van der Waals surface area contributed by atoms with Crippen LogP contribution in [0.15, 0.2) is 35.5 Å². The van der Waals surface area contributed by atoms with Gasteiger partial charge in [0.25, 0.3) is 0 Å². The summed E-state index contributed by atoms with van der Waals surface area (Å²) in [5.74, 6) is 3.07. The van der Waals surface area contributed by atoms with Crippen LogP contribution in [0, 0.1) is 45.3 Å². The predicted molar refractivity (Wildman–Crippen MR) is 136 cm³/mol. The van der Waals surface area contributed by atoms with Gasteiger partial charge in [-0.1, -0.05) is 86.1 Å². The quantitative estimate of drug-likeness (QED) is 0.387. The number of rotatable bonds is 5. The van der Waals surface area contributed by atoms with Crippen molar-refractivity contribution in [1.29, 1.82) is 0 Å². The van der Waals surface area contributed by atoms with Crippen molar-refractivity contribution in [1.82, 2.24) is 0 Å². The molecule has 0 aromatic rings. The van der Waals surface area contributed by atoms with Crippen LogP contribution in [0.1, 0.15) is 113 Å². The topological polar surface area (TPSA) is 0 Å². The van der Waals surface area contributed by atoms with E-state index in [9.17, 15) is 0 Å². The third-order valence-corrected chi connectivity index (χ3v) is 11.5. The van der Waals surface area contributed by atoms with E-state index in [4.69, 9.17) is 0 Å². The van der Waals surface area contributed by atoms with E-state index in [1.165, 1.54) is 63.4 Å². The van der Waals surface area contributed by atoms with E-state index in [0.717, 1.165) is 17.8 Å². The maximum Gasteiger partial charge on any atom is -0.00160 e. The number of hydrogen-bond acceptors (Lipinski definition) is 0. The minimum atomic E-state index is 0.362. The minimum Gasteiger partial charge on any atom is -0.0996 e. The molecule has 0 bridgehead atoms. The molecule has 0 spiro atoms. The zero-order valence-corrected chi connectivity index (χ0v) is 22.0. The van der Waals surface area contributed by atoms with Gasteiger partial charge < -0.3 is 0 Å². The van der Waals surface area contributed by atoms with E-state index in [2.05, 4.69) is 74.1 Å². The van der Waals surface area contributed by atoms with Crippen molar-refractivity contribution in [3.63, 3.8) is 0 Å². The standard InChI is InChI=1S/C31H50/c1-21(2)22(3)11-12-23(4)24-15-19-31(9)26-13-14-27-28(5,6)17-10-18-29(27,7)25(26)16-20-30(24,31)8/h13,16,21,23-24,27H,3,10-12,14-15,17-20H2,1-2,4-9H3/t23?,24?,27-,29+,30+,31-/m0/s1. The number of hydrogen-bond donors (Lipinski definition) is 0. The molecule has 0 aliphatic heterocycles. The Bertz CT molecular complexity index is 791. The molecule has 0 radical (unpaired) electrons. The Balaban J connectivity index is 1.63. The molecule has 0 heteroatoms. The van der Waals surface area contributed by atoms with Crippen molar-refractivity contribution >= 4 is 0 Å². The molecule has 0 saturated heterocycles. The SMILES string of the molecule is C=C(CCC(C)C1CC[C@@]2(C)C3=CC[C@H]4C(C)(C)CCC[C@]4(C)C3=CC[C@]12C)C(C)C. The molecule has 0 aromatic carbocycles. The lowest BCUT2D eigenvalue weighted by atomic mass is 9.44. The molecule has 0 amide bonds. The van der Waals surface area contributed by atoms with Crippen LogP contribution < -0.4 is 0 Å². The van der Waals surface area contributed by atoms with E-state index >= 15 is 0 Å². The van der Waals surface area contributed by atoms with Gasteiger partial charge in [0.05, 0.1) is 0 Å². The lowest BCUT2D eigenvalue weighted by Gasteiger charge is -2.60. The van der Waals surface area contributed by atoms with Crippen molar-refractivity contribution in [2.75, 3.05) is 0 Å². The van der Waals surface area contributed by atoms with Crippen LogP contribution in [0.3, 0.4) is 0 Å². The molecule has 0 N–H and O–H groups in total. The molecule has 31 heavy (non-hydrogen) atoms. The first-order chi connectivity index (χ1) is 14.4. The average Bonchev–Trinajstić information content (AvgIpc) is 2.96. The summed E-state index contributed by atoms with van der Waals surface area (Å²) in [5.41, 5.74) is 6.64. The fourth-order valence-corrected chi connectivity index (χ4v) is 8.95. The summed E-state index contributed by atoms with van der Waals surface area (Å²) in [6.45, 7) is 24.5. The van der Waals surface area contributed by atoms with Crippen LogP contribution in [-0.4, -0.2) is 0 Å². The van der Waals surface area contributed by atoms with Crippen LogP contribution in [0.25, 0.3) is 0 Å². The zero-order chi connectivity index (χ0) is 22.8. The van der Waals surface area contributed by atoms with Gasteiger partial charge in [-0.3, -0.25) is 0 Å². The molecule has 6 atom stereocenters. The Labute approximate surface area is 194 Å². The summed E-state index contributed by atoms with van der Waals surface area (Å²) in [7, 11) is 0. The van der Waals surface area contributed by atoms with Crippen LogP contribution >= 0.6 is 0 Å². The Morgan fingerprint density at radius 2 is 1.71 bits per heavy atom. The second-order valence-electron chi connectivity index (χ2n) is 13.7. The van der Waals surface area contributed by atoms with Crippen molar-refractivity contribution in [3.8, 4) is 0 Å². The summed E-state index contributed by atoms with van der Waals surface area (Å²) in [4.78, 5) is 0. The normalized spacial score (nSPS) is 42.2. The van der Waals surface area contributed by atoms with Gasteiger partial charge in [-0.25, -0.2) is 0 Å². The van der Waals surface area contributed by atoms with Gasteiger partial charge in [0, 0.05) is 0 Å². The first-order valence-corrected chi connectivity index (χ1v) is 13.5. The predicted octanol–water partition coefficient (Wildman–Crippen LogP) is 9.53. The van der Waals surface area contributed by atoms with Crippen molar-refractivity contribution < 1.29 is 0 Å². The van der Waals surface area contributed by atoms with Crippen molar-refractivity contribution in [2.24, 2.45) is 45.3 Å². The van der Waals surface area contributed by atoms with Crippen LogP contribution in [0.5, 0.6) is 0 Å². The second kappa shape index (κ2) is 7.63. The maximum absolute atomic E-state index is 4.36. The molecule has 2 unspecified atom stereocenters. The highest BCUT2D eigenvalue weighted by Gasteiger charge is 2.62. The third kappa shape index (κ3) is 3.36. The van der Waals surface area contributed by atoms with Crippen LogP contribution in [-0.2, 0) is 0 Å². The molecule has 174 valence electrons. The molecular weight excluding hydrogens is 372 g/mol. The molecular formula is C31H50. The highest BCUT2D eigenvalue weighted by atomic mass is 14.7. The van der Waals surface area contributed by atoms with Crippen molar-refractivity contribution in [3.05, 3.63) is 35.5 Å². The molecule has 2 saturated carbocycles. The summed E-state index contributed by atoms with van der Waals surface area (Å²) < 4.78 is 0. The van der Waals surface area contributed by atoms with Gasteiger partial charge in [-0.15, -0.1) is 0 Å². The summed E-state index contributed by atoms with van der Waals surface area (Å²) >= 11 is 0. The summed E-state index contributed by atoms with van der Waals surface area (Å²) in [5, 5.41) is 0. The molecule has 4 aliphatic carbocycles. The van der Waals surface area contributed by atoms with E-state index in [0.29, 0.717) is 27.6 Å². The zero-order valence-electron chi connectivity index (χ0n) is 22.0. The van der Waals surface area contributed by atoms with Crippen molar-refractivity contribution in [2.45, 2.75) is 113 Å². The fourth-order valence-electron chi connectivity index (χ4n) is 8.95. The van der Waals surface area contributed by atoms with E-state index in [1.807, 2.05) is 0 Å². The van der Waals surface area contributed by atoms with E-state index in [-0.39, 0.29) is 0 Å². The van der Waals surface area contributed by atoms with Gasteiger partial charge in [0.15, 0.2) is 0 Å². The van der Waals surface area contributed by atoms with Gasteiger partial charge in [0.1, 0.15) is 0 Å². The first-order valence-electron chi connectivity index (χ1n) is 13.5.